The maximum absolute atomic E-state index is 9.52. The molecule has 0 aliphatic rings. The Morgan fingerprint density at radius 3 is 2.52 bits per heavy atom. The van der Waals surface area contributed by atoms with Gasteiger partial charge in [0.15, 0.2) is 8.32 Å². The van der Waals surface area contributed by atoms with E-state index in [0.717, 1.165) is 42.9 Å². The summed E-state index contributed by atoms with van der Waals surface area (Å²) in [5.41, 5.74) is 2.05. The number of para-hydroxylation sites is 2. The lowest BCUT2D eigenvalue weighted by molar-refractivity contribution is 0.261. The van der Waals surface area contributed by atoms with E-state index in [1.807, 2.05) is 18.2 Å². The summed E-state index contributed by atoms with van der Waals surface area (Å²) in [6, 6.07) is 8.05. The van der Waals surface area contributed by atoms with Crippen LogP contribution in [0.4, 0.5) is 0 Å². The van der Waals surface area contributed by atoms with Gasteiger partial charge in [0.1, 0.15) is 12.4 Å². The molecule has 1 aromatic heterocycles. The van der Waals surface area contributed by atoms with Crippen molar-refractivity contribution in [3.8, 4) is 0 Å². The molecule has 0 saturated heterocycles. The second kappa shape index (κ2) is 7.15. The summed E-state index contributed by atoms with van der Waals surface area (Å²) in [5, 5.41) is 9.78. The van der Waals surface area contributed by atoms with Crippen molar-refractivity contribution < 1.29 is 9.53 Å². The predicted octanol–water partition coefficient (Wildman–Crippen LogP) is 4.33. The lowest BCUT2D eigenvalue weighted by Gasteiger charge is -2.36. The topological polar surface area (TPSA) is 47.3 Å². The van der Waals surface area contributed by atoms with E-state index < -0.39 is 8.32 Å². The minimum absolute atomic E-state index is 0.0187. The molecule has 2 aromatic rings. The Hall–Kier alpha value is -1.17. The number of aryl methyl sites for hydroxylation is 1. The molecule has 1 N–H and O–H groups in total. The third kappa shape index (κ3) is 4.22. The first-order valence-corrected chi connectivity index (χ1v) is 11.4. The highest BCUT2D eigenvalue weighted by molar-refractivity contribution is 6.74. The van der Waals surface area contributed by atoms with Crippen LogP contribution in [-0.2, 0) is 17.6 Å². The fourth-order valence-corrected chi connectivity index (χ4v) is 3.50. The molecule has 0 radical (unpaired) electrons. The van der Waals surface area contributed by atoms with Crippen molar-refractivity contribution in [3.05, 3.63) is 30.1 Å². The Kier molecular flexibility index (Phi) is 5.65. The van der Waals surface area contributed by atoms with E-state index in [-0.39, 0.29) is 11.6 Å². The van der Waals surface area contributed by atoms with Crippen LogP contribution in [0.3, 0.4) is 0 Å². The summed E-state index contributed by atoms with van der Waals surface area (Å²) in [5.74, 6) is 0.747. The molecule has 0 unspecified atom stereocenters. The number of aromatic nitrogens is 2. The van der Waals surface area contributed by atoms with E-state index in [0.29, 0.717) is 0 Å². The Morgan fingerprint density at radius 1 is 1.17 bits per heavy atom. The highest BCUT2D eigenvalue weighted by Crippen LogP contribution is 2.36. The van der Waals surface area contributed by atoms with Gasteiger partial charge in [-0.05, 0) is 43.1 Å². The van der Waals surface area contributed by atoms with E-state index in [4.69, 9.17) is 4.43 Å². The summed E-state index contributed by atoms with van der Waals surface area (Å²) in [6.07, 6.45) is 2.06. The van der Waals surface area contributed by atoms with Gasteiger partial charge in [0, 0.05) is 13.2 Å². The van der Waals surface area contributed by atoms with E-state index in [9.17, 15) is 5.11 Å². The molecule has 0 amide bonds. The molecule has 0 aliphatic carbocycles. The van der Waals surface area contributed by atoms with Crippen molar-refractivity contribution in [2.24, 2.45) is 0 Å². The number of aliphatic hydroxyl groups excluding tert-OH is 1. The summed E-state index contributed by atoms with van der Waals surface area (Å²) in [6.45, 7) is 13.1. The van der Waals surface area contributed by atoms with Crippen LogP contribution in [0.5, 0.6) is 0 Å². The lowest BCUT2D eigenvalue weighted by atomic mass is 10.2. The second-order valence-corrected chi connectivity index (χ2v) is 12.5. The molecule has 128 valence electrons. The molecular weight excluding hydrogens is 304 g/mol. The molecule has 0 saturated carbocycles. The van der Waals surface area contributed by atoms with Crippen LogP contribution in [0.2, 0.25) is 18.1 Å². The second-order valence-electron chi connectivity index (χ2n) is 7.64. The molecule has 23 heavy (non-hydrogen) atoms. The van der Waals surface area contributed by atoms with Crippen molar-refractivity contribution >= 4 is 19.4 Å². The largest absolute Gasteiger partial charge is 0.417 e. The number of hydrogen-bond donors (Lipinski definition) is 1. The molecular formula is C18H30N2O2Si. The highest BCUT2D eigenvalue weighted by atomic mass is 28.4. The van der Waals surface area contributed by atoms with Crippen LogP contribution in [0.25, 0.3) is 11.0 Å². The van der Waals surface area contributed by atoms with Gasteiger partial charge < -0.3 is 14.1 Å². The Bertz CT molecular complexity index is 644. The Morgan fingerprint density at radius 2 is 1.87 bits per heavy atom. The standard InChI is InChI=1S/C18H30N2O2Si/c1-18(2,3)23(4,5)22-13-9-8-12-20-16-11-7-6-10-15(16)19-17(20)14-21/h6-7,10-11,21H,8-9,12-14H2,1-5H3. The van der Waals surface area contributed by atoms with Crippen LogP contribution in [0.1, 0.15) is 39.4 Å². The molecule has 0 bridgehead atoms. The molecule has 5 heteroatoms. The van der Waals surface area contributed by atoms with Gasteiger partial charge in [-0.15, -0.1) is 0 Å². The van der Waals surface area contributed by atoms with Crippen LogP contribution < -0.4 is 0 Å². The lowest BCUT2D eigenvalue weighted by Crippen LogP contribution is -2.40. The molecule has 2 rings (SSSR count). The average Bonchev–Trinajstić information content (AvgIpc) is 2.83. The number of benzene rings is 1. The van der Waals surface area contributed by atoms with Gasteiger partial charge in [0.05, 0.1) is 11.0 Å². The van der Waals surface area contributed by atoms with E-state index >= 15 is 0 Å². The summed E-state index contributed by atoms with van der Waals surface area (Å²) < 4.78 is 8.35. The van der Waals surface area contributed by atoms with Gasteiger partial charge in [-0.25, -0.2) is 4.98 Å². The molecule has 4 nitrogen and oxygen atoms in total. The van der Waals surface area contributed by atoms with Crippen molar-refractivity contribution in [2.75, 3.05) is 6.61 Å². The van der Waals surface area contributed by atoms with Crippen LogP contribution in [0.15, 0.2) is 24.3 Å². The Labute approximate surface area is 140 Å². The minimum atomic E-state index is -1.64. The van der Waals surface area contributed by atoms with Crippen LogP contribution in [-0.4, -0.2) is 29.6 Å². The smallest absolute Gasteiger partial charge is 0.191 e. The predicted molar refractivity (Wildman–Crippen MR) is 98.0 cm³/mol. The number of fused-ring (bicyclic) bond motifs is 1. The number of hydrogen-bond acceptors (Lipinski definition) is 3. The minimum Gasteiger partial charge on any atom is -0.417 e. The molecule has 1 aromatic carbocycles. The quantitative estimate of drug-likeness (QED) is 0.605. The number of rotatable bonds is 7. The fourth-order valence-electron chi connectivity index (χ4n) is 2.41. The number of unbranched alkanes of at least 4 members (excludes halogenated alkanes) is 1. The van der Waals surface area contributed by atoms with Gasteiger partial charge >= 0.3 is 0 Å². The van der Waals surface area contributed by atoms with Crippen LogP contribution >= 0.6 is 0 Å². The first kappa shape index (κ1) is 18.2. The number of nitrogens with zero attached hydrogens (tertiary/aromatic N) is 2. The fraction of sp³-hybridized carbons (Fsp3) is 0.611. The first-order chi connectivity index (χ1) is 10.8. The molecule has 0 aliphatic heterocycles. The van der Waals surface area contributed by atoms with Gasteiger partial charge in [0.2, 0.25) is 0 Å². The molecule has 1 heterocycles. The van der Waals surface area contributed by atoms with Gasteiger partial charge in [-0.3, -0.25) is 0 Å². The Balaban J connectivity index is 1.90. The van der Waals surface area contributed by atoms with Crippen LogP contribution in [0, 0.1) is 0 Å². The molecule has 0 spiro atoms. The van der Waals surface area contributed by atoms with E-state index in [2.05, 4.69) is 49.5 Å². The SMILES string of the molecule is CC(C)(C)[Si](C)(C)OCCCCn1c(CO)nc2ccccc21. The third-order valence-electron chi connectivity index (χ3n) is 4.92. The normalized spacial score (nSPS) is 13.0. The van der Waals surface area contributed by atoms with E-state index in [1.165, 1.54) is 0 Å². The third-order valence-corrected chi connectivity index (χ3v) is 9.46. The monoisotopic (exact) mass is 334 g/mol. The maximum atomic E-state index is 9.52. The summed E-state index contributed by atoms with van der Waals surface area (Å²) in [4.78, 5) is 4.49. The molecule has 0 atom stereocenters. The first-order valence-electron chi connectivity index (χ1n) is 8.45. The highest BCUT2D eigenvalue weighted by Gasteiger charge is 2.36. The molecule has 0 fully saturated rings. The number of aliphatic hydroxyl groups is 1. The zero-order valence-electron chi connectivity index (χ0n) is 15.1. The van der Waals surface area contributed by atoms with Crippen molar-refractivity contribution in [1.82, 2.24) is 9.55 Å². The zero-order chi connectivity index (χ0) is 17.1. The summed E-state index contributed by atoms with van der Waals surface area (Å²) >= 11 is 0. The number of imidazole rings is 1. The van der Waals surface area contributed by atoms with Crippen molar-refractivity contribution in [2.45, 2.75) is 64.9 Å². The maximum Gasteiger partial charge on any atom is 0.191 e. The average molecular weight is 335 g/mol. The van der Waals surface area contributed by atoms with Gasteiger partial charge in [0.25, 0.3) is 0 Å². The van der Waals surface area contributed by atoms with Crippen molar-refractivity contribution in [1.29, 1.82) is 0 Å². The van der Waals surface area contributed by atoms with Gasteiger partial charge in [-0.2, -0.15) is 0 Å². The van der Waals surface area contributed by atoms with E-state index in [1.54, 1.807) is 0 Å². The van der Waals surface area contributed by atoms with Crippen molar-refractivity contribution in [3.63, 3.8) is 0 Å². The zero-order valence-corrected chi connectivity index (χ0v) is 16.1. The summed E-state index contributed by atoms with van der Waals surface area (Å²) in [7, 11) is -1.64. The van der Waals surface area contributed by atoms with Gasteiger partial charge in [-0.1, -0.05) is 32.9 Å².